The fourth-order valence-corrected chi connectivity index (χ4v) is 3.44. The van der Waals surface area contributed by atoms with Crippen LogP contribution in [0.5, 0.6) is 0 Å². The molecule has 138 valence electrons. The zero-order chi connectivity index (χ0) is 18.5. The quantitative estimate of drug-likeness (QED) is 0.608. The molecule has 0 amide bonds. The number of hydrogen-bond donors (Lipinski definition) is 2. The number of nitrogens with zero attached hydrogens (tertiary/aromatic N) is 5. The number of halogens is 2. The molecule has 1 aromatic heterocycles. The Morgan fingerprint density at radius 3 is 2.35 bits per heavy atom. The molecule has 2 heterocycles. The zero-order valence-corrected chi connectivity index (χ0v) is 15.6. The molecule has 0 aliphatic carbocycles. The fourth-order valence-electron chi connectivity index (χ4n) is 2.79. The molecule has 0 saturated carbocycles. The summed E-state index contributed by atoms with van der Waals surface area (Å²) in [6.45, 7) is 3.00. The number of guanidine groups is 1. The van der Waals surface area contributed by atoms with E-state index < -0.39 is 6.10 Å². The SMILES string of the molecule is NC(=NCC(O)c1c(Cl)cccc1Cl)N1CCN(c2ncccn2)CC1. The van der Waals surface area contributed by atoms with E-state index in [-0.39, 0.29) is 6.54 Å². The van der Waals surface area contributed by atoms with E-state index in [2.05, 4.69) is 19.9 Å². The minimum Gasteiger partial charge on any atom is -0.386 e. The number of aliphatic hydroxyl groups is 1. The van der Waals surface area contributed by atoms with E-state index in [1.54, 1.807) is 36.7 Å². The van der Waals surface area contributed by atoms with E-state index >= 15 is 0 Å². The van der Waals surface area contributed by atoms with E-state index in [1.807, 2.05) is 4.90 Å². The lowest BCUT2D eigenvalue weighted by Crippen LogP contribution is -2.51. The molecule has 1 fully saturated rings. The van der Waals surface area contributed by atoms with Crippen molar-refractivity contribution >= 4 is 35.1 Å². The predicted molar refractivity (Wildman–Crippen MR) is 104 cm³/mol. The first-order valence-corrected chi connectivity index (χ1v) is 9.00. The van der Waals surface area contributed by atoms with Crippen molar-refractivity contribution in [1.82, 2.24) is 14.9 Å². The van der Waals surface area contributed by atoms with Gasteiger partial charge >= 0.3 is 0 Å². The van der Waals surface area contributed by atoms with E-state index in [1.165, 1.54) is 0 Å². The summed E-state index contributed by atoms with van der Waals surface area (Å²) in [5.41, 5.74) is 6.55. The molecule has 9 heteroatoms. The second-order valence-electron chi connectivity index (χ2n) is 5.87. The molecule has 2 aromatic rings. The van der Waals surface area contributed by atoms with Crippen molar-refractivity contribution in [2.24, 2.45) is 10.7 Å². The number of aromatic nitrogens is 2. The molecule has 1 aromatic carbocycles. The Balaban J connectivity index is 1.57. The van der Waals surface area contributed by atoms with Gasteiger partial charge in [-0.25, -0.2) is 9.97 Å². The smallest absolute Gasteiger partial charge is 0.225 e. The van der Waals surface area contributed by atoms with Gasteiger partial charge in [-0.05, 0) is 18.2 Å². The Morgan fingerprint density at radius 1 is 1.12 bits per heavy atom. The van der Waals surface area contributed by atoms with E-state index in [9.17, 15) is 5.11 Å². The highest BCUT2D eigenvalue weighted by Gasteiger charge is 2.21. The first-order valence-electron chi connectivity index (χ1n) is 8.25. The van der Waals surface area contributed by atoms with Gasteiger partial charge < -0.3 is 20.6 Å². The lowest BCUT2D eigenvalue weighted by atomic mass is 10.1. The van der Waals surface area contributed by atoms with Crippen LogP contribution in [0.3, 0.4) is 0 Å². The molecule has 3 N–H and O–H groups in total. The largest absolute Gasteiger partial charge is 0.386 e. The second kappa shape index (κ2) is 8.53. The minimum absolute atomic E-state index is 0.0945. The number of hydrogen-bond acceptors (Lipinski definition) is 5. The Bertz CT molecular complexity index is 745. The van der Waals surface area contributed by atoms with Gasteiger partial charge in [0.05, 0.1) is 6.54 Å². The summed E-state index contributed by atoms with van der Waals surface area (Å²) in [4.78, 5) is 16.9. The maximum absolute atomic E-state index is 10.3. The lowest BCUT2D eigenvalue weighted by molar-refractivity contribution is 0.187. The first kappa shape index (κ1) is 18.7. The Morgan fingerprint density at radius 2 is 1.73 bits per heavy atom. The van der Waals surface area contributed by atoms with Gasteiger partial charge in [-0.1, -0.05) is 29.3 Å². The van der Waals surface area contributed by atoms with Gasteiger partial charge in [-0.15, -0.1) is 0 Å². The fraction of sp³-hybridized carbons (Fsp3) is 0.353. The van der Waals surface area contributed by atoms with Crippen LogP contribution in [0.25, 0.3) is 0 Å². The molecule has 0 radical (unpaired) electrons. The molecule has 1 aliphatic rings. The van der Waals surface area contributed by atoms with Crippen LogP contribution in [0.15, 0.2) is 41.7 Å². The molecule has 7 nitrogen and oxygen atoms in total. The van der Waals surface area contributed by atoms with E-state index in [0.717, 1.165) is 13.1 Å². The van der Waals surface area contributed by atoms with Crippen molar-refractivity contribution in [3.63, 3.8) is 0 Å². The van der Waals surface area contributed by atoms with Gasteiger partial charge in [0, 0.05) is 54.2 Å². The van der Waals surface area contributed by atoms with E-state index in [4.69, 9.17) is 28.9 Å². The van der Waals surface area contributed by atoms with Crippen molar-refractivity contribution < 1.29 is 5.11 Å². The summed E-state index contributed by atoms with van der Waals surface area (Å²) in [6.07, 6.45) is 2.55. The van der Waals surface area contributed by atoms with Crippen LogP contribution in [0.2, 0.25) is 10.0 Å². The molecule has 1 atom stereocenters. The number of aliphatic imine (C=N–C) groups is 1. The summed E-state index contributed by atoms with van der Waals surface area (Å²) >= 11 is 12.2. The number of rotatable bonds is 4. The third kappa shape index (κ3) is 4.35. The summed E-state index contributed by atoms with van der Waals surface area (Å²) < 4.78 is 0. The van der Waals surface area contributed by atoms with Gasteiger partial charge in [0.1, 0.15) is 6.10 Å². The maximum atomic E-state index is 10.3. The monoisotopic (exact) mass is 394 g/mol. The molecule has 0 bridgehead atoms. The molecular weight excluding hydrogens is 375 g/mol. The van der Waals surface area contributed by atoms with Gasteiger partial charge in [0.25, 0.3) is 0 Å². The zero-order valence-electron chi connectivity index (χ0n) is 14.1. The van der Waals surface area contributed by atoms with Gasteiger partial charge in [-0.3, -0.25) is 4.99 Å². The number of nitrogens with two attached hydrogens (primary N) is 1. The van der Waals surface area contributed by atoms with Crippen molar-refractivity contribution in [2.75, 3.05) is 37.6 Å². The average molecular weight is 395 g/mol. The summed E-state index contributed by atoms with van der Waals surface area (Å²) in [7, 11) is 0. The van der Waals surface area contributed by atoms with Crippen LogP contribution in [0.1, 0.15) is 11.7 Å². The summed E-state index contributed by atoms with van der Waals surface area (Å²) in [6, 6.07) is 6.89. The highest BCUT2D eigenvalue weighted by atomic mass is 35.5. The van der Waals surface area contributed by atoms with Crippen LogP contribution in [-0.4, -0.2) is 58.7 Å². The van der Waals surface area contributed by atoms with Crippen LogP contribution in [0, 0.1) is 0 Å². The molecule has 1 aliphatic heterocycles. The summed E-state index contributed by atoms with van der Waals surface area (Å²) in [5.74, 6) is 1.10. The molecule has 3 rings (SSSR count). The maximum Gasteiger partial charge on any atom is 0.225 e. The lowest BCUT2D eigenvalue weighted by Gasteiger charge is -2.35. The highest BCUT2D eigenvalue weighted by molar-refractivity contribution is 6.36. The van der Waals surface area contributed by atoms with Crippen molar-refractivity contribution in [1.29, 1.82) is 0 Å². The van der Waals surface area contributed by atoms with Crippen LogP contribution in [-0.2, 0) is 0 Å². The molecule has 1 unspecified atom stereocenters. The standard InChI is InChI=1S/C17H20Cl2N6O/c18-12-3-1-4-13(19)15(12)14(26)11-23-16(20)24-7-9-25(10-8-24)17-21-5-2-6-22-17/h1-6,14,26H,7-11H2,(H2,20,23). The topological polar surface area (TPSA) is 90.9 Å². The number of aliphatic hydroxyl groups excluding tert-OH is 1. The van der Waals surface area contributed by atoms with Crippen LogP contribution in [0.4, 0.5) is 5.95 Å². The van der Waals surface area contributed by atoms with E-state index in [0.29, 0.717) is 40.6 Å². The third-order valence-corrected chi connectivity index (χ3v) is 4.86. The average Bonchev–Trinajstić information content (AvgIpc) is 2.67. The Hall–Kier alpha value is -2.09. The third-order valence-electron chi connectivity index (χ3n) is 4.20. The number of anilines is 1. The van der Waals surface area contributed by atoms with Crippen molar-refractivity contribution in [2.45, 2.75) is 6.10 Å². The number of piperazine rings is 1. The van der Waals surface area contributed by atoms with Gasteiger partial charge in [0.15, 0.2) is 5.96 Å². The van der Waals surface area contributed by atoms with Crippen molar-refractivity contribution in [3.05, 3.63) is 52.3 Å². The van der Waals surface area contributed by atoms with Crippen LogP contribution >= 0.6 is 23.2 Å². The molecule has 26 heavy (non-hydrogen) atoms. The van der Waals surface area contributed by atoms with Gasteiger partial charge in [-0.2, -0.15) is 0 Å². The molecule has 1 saturated heterocycles. The minimum atomic E-state index is -0.909. The highest BCUT2D eigenvalue weighted by Crippen LogP contribution is 2.30. The van der Waals surface area contributed by atoms with Crippen LogP contribution < -0.4 is 10.6 Å². The normalized spacial score (nSPS) is 16.7. The first-order chi connectivity index (χ1) is 12.6. The van der Waals surface area contributed by atoms with Gasteiger partial charge in [0.2, 0.25) is 5.95 Å². The molecule has 0 spiro atoms. The Labute approximate surface area is 162 Å². The summed E-state index contributed by atoms with van der Waals surface area (Å²) in [5, 5.41) is 11.2. The predicted octanol–water partition coefficient (Wildman–Crippen LogP) is 1.95. The molecular formula is C17H20Cl2N6O. The van der Waals surface area contributed by atoms with Crippen molar-refractivity contribution in [3.8, 4) is 0 Å². The number of benzene rings is 1. The second-order valence-corrected chi connectivity index (χ2v) is 6.69. The Kier molecular flexibility index (Phi) is 6.13.